The molecule has 0 saturated carbocycles. The number of rotatable bonds is 3. The summed E-state index contributed by atoms with van der Waals surface area (Å²) < 4.78 is 8.47. The highest BCUT2D eigenvalue weighted by molar-refractivity contribution is 9.10. The third-order valence-electron chi connectivity index (χ3n) is 6.45. The molecule has 5 nitrogen and oxygen atoms in total. The highest BCUT2D eigenvalue weighted by Crippen LogP contribution is 2.50. The van der Waals surface area contributed by atoms with Crippen LogP contribution in [0.4, 0.5) is 11.4 Å². The molecule has 3 unspecified atom stereocenters. The maximum absolute atomic E-state index is 13.9. The minimum absolute atomic E-state index is 0.139. The molecule has 2 heterocycles. The Balaban J connectivity index is 1.63. The van der Waals surface area contributed by atoms with E-state index in [2.05, 4.69) is 48.6 Å². The molecule has 1 fully saturated rings. The first-order valence-electron chi connectivity index (χ1n) is 10.9. The number of halogens is 2. The normalized spacial score (nSPS) is 23.0. The minimum Gasteiger partial charge on any atom is -0.467 e. The zero-order chi connectivity index (χ0) is 24.2. The molecule has 2 N–H and O–H groups in total. The predicted octanol–water partition coefficient (Wildman–Crippen LogP) is 6.63. The number of ether oxygens (including phenoxy) is 1. The molecule has 3 atom stereocenters. The summed E-state index contributed by atoms with van der Waals surface area (Å²) in [4.78, 5) is 15.9. The second-order valence-electron chi connectivity index (χ2n) is 8.87. The molecule has 2 bridgehead atoms. The summed E-state index contributed by atoms with van der Waals surface area (Å²) in [6.07, 6.45) is 0. The van der Waals surface area contributed by atoms with Gasteiger partial charge in [-0.15, -0.1) is 0 Å². The first-order chi connectivity index (χ1) is 16.2. The fourth-order valence-corrected chi connectivity index (χ4v) is 6.10. The van der Waals surface area contributed by atoms with E-state index in [0.29, 0.717) is 5.11 Å². The van der Waals surface area contributed by atoms with Crippen molar-refractivity contribution >= 4 is 66.5 Å². The first-order valence-corrected chi connectivity index (χ1v) is 12.9. The lowest BCUT2D eigenvalue weighted by atomic mass is 9.78. The topological polar surface area (TPSA) is 53.6 Å². The summed E-state index contributed by atoms with van der Waals surface area (Å²) in [5.41, 5.74) is 3.61. The van der Waals surface area contributed by atoms with Crippen LogP contribution in [-0.4, -0.2) is 16.7 Å². The molecule has 1 saturated heterocycles. The molecule has 0 aromatic heterocycles. The van der Waals surface area contributed by atoms with Crippen LogP contribution >= 0.6 is 44.1 Å². The van der Waals surface area contributed by atoms with Gasteiger partial charge in [0.1, 0.15) is 11.7 Å². The summed E-state index contributed by atoms with van der Waals surface area (Å²) in [5.74, 6) is -0.0120. The van der Waals surface area contributed by atoms with E-state index in [4.69, 9.17) is 17.0 Å². The van der Waals surface area contributed by atoms with Crippen molar-refractivity contribution in [2.75, 3.05) is 10.2 Å². The van der Waals surface area contributed by atoms with Crippen molar-refractivity contribution in [1.29, 1.82) is 0 Å². The van der Waals surface area contributed by atoms with Crippen LogP contribution in [0, 0.1) is 19.8 Å². The van der Waals surface area contributed by atoms with Gasteiger partial charge in [0.25, 0.3) is 0 Å². The molecule has 3 aromatic carbocycles. The van der Waals surface area contributed by atoms with E-state index in [1.807, 2.05) is 80.3 Å². The van der Waals surface area contributed by atoms with Gasteiger partial charge in [0.15, 0.2) is 10.8 Å². The average Bonchev–Trinajstić information content (AvgIpc) is 2.76. The summed E-state index contributed by atoms with van der Waals surface area (Å²) >= 11 is 12.9. The SMILES string of the molecule is Cc1ccc(NC(=O)C2C3NC(=S)N(c4cccc(Br)c4)C2(C)Oc2ccc(Br)cc23)c(C)c1. The van der Waals surface area contributed by atoms with E-state index in [0.717, 1.165) is 42.8 Å². The number of benzene rings is 3. The quantitative estimate of drug-likeness (QED) is 0.331. The molecule has 0 spiro atoms. The van der Waals surface area contributed by atoms with Crippen molar-refractivity contribution in [2.45, 2.75) is 32.5 Å². The fourth-order valence-electron chi connectivity index (χ4n) is 4.92. The minimum atomic E-state index is -1.06. The van der Waals surface area contributed by atoms with E-state index in [1.165, 1.54) is 0 Å². The van der Waals surface area contributed by atoms with Crippen LogP contribution in [0.3, 0.4) is 0 Å². The second kappa shape index (κ2) is 8.66. The Hall–Kier alpha value is -2.42. The average molecular weight is 601 g/mol. The number of carbonyl (C=O) groups excluding carboxylic acids is 1. The van der Waals surface area contributed by atoms with Crippen molar-refractivity contribution in [3.63, 3.8) is 0 Å². The number of anilines is 2. The van der Waals surface area contributed by atoms with Gasteiger partial charge >= 0.3 is 0 Å². The molecular weight excluding hydrogens is 578 g/mol. The van der Waals surface area contributed by atoms with Crippen LogP contribution in [0.25, 0.3) is 0 Å². The molecule has 0 aliphatic carbocycles. The number of thiocarbonyl (C=S) groups is 1. The molecule has 174 valence electrons. The van der Waals surface area contributed by atoms with Gasteiger partial charge in [-0.25, -0.2) is 0 Å². The number of nitrogens with one attached hydrogen (secondary N) is 2. The summed E-state index contributed by atoms with van der Waals surface area (Å²) in [6, 6.07) is 19.3. The van der Waals surface area contributed by atoms with Gasteiger partial charge in [0, 0.05) is 25.9 Å². The van der Waals surface area contributed by atoms with E-state index in [-0.39, 0.29) is 11.9 Å². The Labute approximate surface area is 221 Å². The molecular formula is C26H23Br2N3O2S. The largest absolute Gasteiger partial charge is 0.467 e. The van der Waals surface area contributed by atoms with Crippen molar-refractivity contribution in [2.24, 2.45) is 5.92 Å². The van der Waals surface area contributed by atoms with Gasteiger partial charge in [0.05, 0.1) is 6.04 Å². The van der Waals surface area contributed by atoms with Gasteiger partial charge in [-0.2, -0.15) is 0 Å². The third-order valence-corrected chi connectivity index (χ3v) is 7.74. The number of hydrogen-bond donors (Lipinski definition) is 2. The first kappa shape index (κ1) is 23.3. The van der Waals surface area contributed by atoms with Gasteiger partial charge in [-0.1, -0.05) is 55.6 Å². The lowest BCUT2D eigenvalue weighted by Gasteiger charge is -2.56. The molecule has 8 heteroatoms. The Bertz CT molecular complexity index is 1330. The smallest absolute Gasteiger partial charge is 0.236 e. The van der Waals surface area contributed by atoms with Crippen LogP contribution < -0.4 is 20.3 Å². The number of carbonyl (C=O) groups is 1. The summed E-state index contributed by atoms with van der Waals surface area (Å²) in [5, 5.41) is 7.11. The molecule has 34 heavy (non-hydrogen) atoms. The number of hydrogen-bond acceptors (Lipinski definition) is 3. The monoisotopic (exact) mass is 599 g/mol. The van der Waals surface area contributed by atoms with Crippen LogP contribution in [0.2, 0.25) is 0 Å². The fraction of sp³-hybridized carbons (Fsp3) is 0.231. The van der Waals surface area contributed by atoms with Crippen LogP contribution in [0.15, 0.2) is 69.6 Å². The van der Waals surface area contributed by atoms with Crippen molar-refractivity contribution < 1.29 is 9.53 Å². The standard InChI is InChI=1S/C26H23Br2N3O2S/c1-14-7-9-20(15(2)11-14)29-24(32)22-23-19-13-17(28)8-10-21(19)33-26(22,3)31(25(34)30-23)18-6-4-5-16(27)12-18/h4-13,22-23H,1-3H3,(H,29,32)(H,30,34). The molecule has 5 rings (SSSR count). The number of nitrogens with zero attached hydrogens (tertiary/aromatic N) is 1. The van der Waals surface area contributed by atoms with Crippen LogP contribution in [0.5, 0.6) is 5.75 Å². The third kappa shape index (κ3) is 3.91. The Kier molecular flexibility index (Phi) is 5.94. The molecule has 1 amide bonds. The number of amides is 1. The van der Waals surface area contributed by atoms with Gasteiger partial charge in [-0.05, 0) is 81.0 Å². The number of aryl methyl sites for hydroxylation is 2. The van der Waals surface area contributed by atoms with Crippen molar-refractivity contribution in [1.82, 2.24) is 5.32 Å². The summed E-state index contributed by atoms with van der Waals surface area (Å²) in [6.45, 7) is 5.97. The molecule has 2 aliphatic rings. The van der Waals surface area contributed by atoms with Gasteiger partial charge < -0.3 is 15.4 Å². The van der Waals surface area contributed by atoms with Gasteiger partial charge in [0.2, 0.25) is 5.91 Å². The van der Waals surface area contributed by atoms with E-state index >= 15 is 0 Å². The molecule has 3 aromatic rings. The van der Waals surface area contributed by atoms with Crippen molar-refractivity contribution in [3.8, 4) is 5.75 Å². The molecule has 0 radical (unpaired) electrons. The van der Waals surface area contributed by atoms with E-state index in [9.17, 15) is 4.79 Å². The summed E-state index contributed by atoms with van der Waals surface area (Å²) in [7, 11) is 0. The van der Waals surface area contributed by atoms with Crippen LogP contribution in [-0.2, 0) is 4.79 Å². The maximum atomic E-state index is 13.9. The number of fused-ring (bicyclic) bond motifs is 4. The second-order valence-corrected chi connectivity index (χ2v) is 11.1. The predicted molar refractivity (Wildman–Crippen MR) is 146 cm³/mol. The zero-order valence-electron chi connectivity index (χ0n) is 18.9. The Morgan fingerprint density at radius 2 is 1.85 bits per heavy atom. The Morgan fingerprint density at radius 1 is 1.09 bits per heavy atom. The molecule has 2 aliphatic heterocycles. The van der Waals surface area contributed by atoms with Crippen molar-refractivity contribution in [3.05, 3.63) is 86.3 Å². The van der Waals surface area contributed by atoms with E-state index in [1.54, 1.807) is 0 Å². The maximum Gasteiger partial charge on any atom is 0.236 e. The lowest BCUT2D eigenvalue weighted by Crippen LogP contribution is -2.72. The van der Waals surface area contributed by atoms with E-state index < -0.39 is 11.6 Å². The van der Waals surface area contributed by atoms with Gasteiger partial charge in [-0.3, -0.25) is 9.69 Å². The zero-order valence-corrected chi connectivity index (χ0v) is 22.8. The highest BCUT2D eigenvalue weighted by atomic mass is 79.9. The Morgan fingerprint density at radius 3 is 2.59 bits per heavy atom. The van der Waals surface area contributed by atoms with Crippen LogP contribution in [0.1, 0.15) is 29.7 Å². The highest BCUT2D eigenvalue weighted by Gasteiger charge is 2.59. The lowest BCUT2D eigenvalue weighted by molar-refractivity contribution is -0.130.